The smallest absolute Gasteiger partial charge is 0.105 e. The third-order valence-corrected chi connectivity index (χ3v) is 4.26. The van der Waals surface area contributed by atoms with Gasteiger partial charge in [0.15, 0.2) is 0 Å². The van der Waals surface area contributed by atoms with E-state index in [1.54, 1.807) is 11.1 Å². The maximum atomic E-state index is 6.10. The highest BCUT2D eigenvalue weighted by molar-refractivity contribution is 5.38. The van der Waals surface area contributed by atoms with Crippen molar-refractivity contribution in [2.45, 2.75) is 38.2 Å². The number of morpholine rings is 1. The van der Waals surface area contributed by atoms with Crippen LogP contribution in [0.4, 0.5) is 0 Å². The number of fused-ring (bicyclic) bond motifs is 1. The summed E-state index contributed by atoms with van der Waals surface area (Å²) in [5, 5.41) is 3.47. The normalized spacial score (nSPS) is 28.1. The fourth-order valence-electron chi connectivity index (χ4n) is 3.13. The molecular formula is C15H21NO. The lowest BCUT2D eigenvalue weighted by Crippen LogP contribution is -2.47. The Morgan fingerprint density at radius 1 is 1.29 bits per heavy atom. The van der Waals surface area contributed by atoms with Gasteiger partial charge in [0, 0.05) is 13.1 Å². The molecule has 1 aliphatic heterocycles. The van der Waals surface area contributed by atoms with E-state index >= 15 is 0 Å². The van der Waals surface area contributed by atoms with Gasteiger partial charge >= 0.3 is 0 Å². The molecule has 0 saturated carbocycles. The Bertz CT molecular complexity index is 407. The minimum absolute atomic E-state index is 0.0874. The average Bonchev–Trinajstić information content (AvgIpc) is 2.86. The van der Waals surface area contributed by atoms with Gasteiger partial charge < -0.3 is 10.1 Å². The second-order valence-corrected chi connectivity index (χ2v) is 5.21. The van der Waals surface area contributed by atoms with E-state index in [1.807, 2.05) is 0 Å². The van der Waals surface area contributed by atoms with Gasteiger partial charge in [0.2, 0.25) is 0 Å². The highest BCUT2D eigenvalue weighted by atomic mass is 16.5. The Kier molecular flexibility index (Phi) is 2.93. The van der Waals surface area contributed by atoms with E-state index in [2.05, 4.69) is 30.4 Å². The molecule has 1 aromatic rings. The number of aryl methyl sites for hydroxylation is 2. The van der Waals surface area contributed by atoms with E-state index in [9.17, 15) is 0 Å². The van der Waals surface area contributed by atoms with E-state index in [0.29, 0.717) is 0 Å². The summed E-state index contributed by atoms with van der Waals surface area (Å²) in [6.07, 6.45) is 4.86. The molecule has 17 heavy (non-hydrogen) atoms. The molecule has 0 amide bonds. The summed E-state index contributed by atoms with van der Waals surface area (Å²) in [4.78, 5) is 0. The Hall–Kier alpha value is -0.860. The highest BCUT2D eigenvalue weighted by Gasteiger charge is 2.34. The molecular weight excluding hydrogens is 210 g/mol. The SMILES string of the molecule is CCC1(c2ccc3c(c2)CCC3)CNCCO1. The molecule has 0 radical (unpaired) electrons. The summed E-state index contributed by atoms with van der Waals surface area (Å²) in [7, 11) is 0. The zero-order valence-corrected chi connectivity index (χ0v) is 10.6. The number of hydrogen-bond donors (Lipinski definition) is 1. The third-order valence-electron chi connectivity index (χ3n) is 4.26. The first-order valence-electron chi connectivity index (χ1n) is 6.81. The number of rotatable bonds is 2. The number of benzene rings is 1. The number of nitrogens with one attached hydrogen (secondary N) is 1. The van der Waals surface area contributed by atoms with Crippen LogP contribution in [0.25, 0.3) is 0 Å². The van der Waals surface area contributed by atoms with Crippen molar-refractivity contribution in [3.63, 3.8) is 0 Å². The maximum absolute atomic E-state index is 6.10. The van der Waals surface area contributed by atoms with Crippen molar-refractivity contribution < 1.29 is 4.74 Å². The van der Waals surface area contributed by atoms with Crippen LogP contribution in [-0.4, -0.2) is 19.7 Å². The van der Waals surface area contributed by atoms with Gasteiger partial charge in [0.1, 0.15) is 5.60 Å². The quantitative estimate of drug-likeness (QED) is 0.844. The fourth-order valence-corrected chi connectivity index (χ4v) is 3.13. The Balaban J connectivity index is 1.96. The van der Waals surface area contributed by atoms with Crippen molar-refractivity contribution >= 4 is 0 Å². The minimum atomic E-state index is -0.0874. The molecule has 1 fully saturated rings. The van der Waals surface area contributed by atoms with Crippen LogP contribution in [0.2, 0.25) is 0 Å². The minimum Gasteiger partial charge on any atom is -0.368 e. The van der Waals surface area contributed by atoms with E-state index in [0.717, 1.165) is 26.1 Å². The maximum Gasteiger partial charge on any atom is 0.105 e. The molecule has 1 saturated heterocycles. The van der Waals surface area contributed by atoms with Crippen molar-refractivity contribution in [1.29, 1.82) is 0 Å². The van der Waals surface area contributed by atoms with E-state index < -0.39 is 0 Å². The predicted molar refractivity (Wildman–Crippen MR) is 69.3 cm³/mol. The van der Waals surface area contributed by atoms with E-state index in [4.69, 9.17) is 4.74 Å². The van der Waals surface area contributed by atoms with Crippen LogP contribution in [0.15, 0.2) is 18.2 Å². The molecule has 2 heteroatoms. The van der Waals surface area contributed by atoms with Crippen molar-refractivity contribution in [2.75, 3.05) is 19.7 Å². The molecule has 0 spiro atoms. The average molecular weight is 231 g/mol. The molecule has 2 aliphatic rings. The van der Waals surface area contributed by atoms with Gasteiger partial charge in [-0.15, -0.1) is 0 Å². The van der Waals surface area contributed by atoms with Crippen LogP contribution in [0, 0.1) is 0 Å². The van der Waals surface area contributed by atoms with Crippen LogP contribution in [-0.2, 0) is 23.2 Å². The molecule has 1 unspecified atom stereocenters. The number of ether oxygens (including phenoxy) is 1. The van der Waals surface area contributed by atoms with Gasteiger partial charge in [-0.05, 0) is 42.4 Å². The van der Waals surface area contributed by atoms with Crippen LogP contribution >= 0.6 is 0 Å². The lowest BCUT2D eigenvalue weighted by molar-refractivity contribution is -0.0737. The first-order valence-corrected chi connectivity index (χ1v) is 6.81. The number of hydrogen-bond acceptors (Lipinski definition) is 2. The molecule has 1 heterocycles. The van der Waals surface area contributed by atoms with E-state index in [1.165, 1.54) is 24.8 Å². The van der Waals surface area contributed by atoms with E-state index in [-0.39, 0.29) is 5.60 Å². The molecule has 1 atom stereocenters. The standard InChI is InChI=1S/C15H21NO/c1-2-15(11-16-8-9-17-15)14-7-6-12-4-3-5-13(12)10-14/h6-7,10,16H,2-5,8-9,11H2,1H3. The molecule has 1 aliphatic carbocycles. The summed E-state index contributed by atoms with van der Waals surface area (Å²) >= 11 is 0. The largest absolute Gasteiger partial charge is 0.368 e. The van der Waals surface area contributed by atoms with Crippen molar-refractivity contribution in [3.8, 4) is 0 Å². The van der Waals surface area contributed by atoms with Gasteiger partial charge in [-0.3, -0.25) is 0 Å². The molecule has 92 valence electrons. The highest BCUT2D eigenvalue weighted by Crippen LogP contribution is 2.33. The second-order valence-electron chi connectivity index (χ2n) is 5.21. The van der Waals surface area contributed by atoms with Crippen molar-refractivity contribution in [1.82, 2.24) is 5.32 Å². The summed E-state index contributed by atoms with van der Waals surface area (Å²) in [5.41, 5.74) is 4.37. The monoisotopic (exact) mass is 231 g/mol. The summed E-state index contributed by atoms with van der Waals surface area (Å²) in [5.74, 6) is 0. The summed E-state index contributed by atoms with van der Waals surface area (Å²) in [6.45, 7) is 4.97. The molecule has 0 aromatic heterocycles. The Labute approximate surface area is 103 Å². The molecule has 2 nitrogen and oxygen atoms in total. The predicted octanol–water partition coefficient (Wildman–Crippen LogP) is 2.40. The summed E-state index contributed by atoms with van der Waals surface area (Å²) in [6, 6.07) is 6.98. The molecule has 0 bridgehead atoms. The van der Waals surface area contributed by atoms with Crippen LogP contribution in [0.1, 0.15) is 36.5 Å². The van der Waals surface area contributed by atoms with Gasteiger partial charge in [0.25, 0.3) is 0 Å². The Morgan fingerprint density at radius 2 is 2.18 bits per heavy atom. The van der Waals surface area contributed by atoms with Crippen LogP contribution < -0.4 is 5.32 Å². The van der Waals surface area contributed by atoms with Crippen LogP contribution in [0.5, 0.6) is 0 Å². The molecule has 1 aromatic carbocycles. The van der Waals surface area contributed by atoms with Gasteiger partial charge in [-0.25, -0.2) is 0 Å². The van der Waals surface area contributed by atoms with Gasteiger partial charge in [-0.1, -0.05) is 25.1 Å². The zero-order valence-electron chi connectivity index (χ0n) is 10.6. The first kappa shape index (κ1) is 11.2. The third kappa shape index (κ3) is 1.90. The molecule has 3 rings (SSSR count). The lowest BCUT2D eigenvalue weighted by atomic mass is 9.88. The second kappa shape index (κ2) is 4.43. The first-order chi connectivity index (χ1) is 8.34. The summed E-state index contributed by atoms with van der Waals surface area (Å²) < 4.78 is 6.10. The van der Waals surface area contributed by atoms with Gasteiger partial charge in [-0.2, -0.15) is 0 Å². The Morgan fingerprint density at radius 3 is 2.94 bits per heavy atom. The van der Waals surface area contributed by atoms with Crippen molar-refractivity contribution in [2.24, 2.45) is 0 Å². The topological polar surface area (TPSA) is 21.3 Å². The lowest BCUT2D eigenvalue weighted by Gasteiger charge is -2.37. The molecule has 1 N–H and O–H groups in total. The fraction of sp³-hybridized carbons (Fsp3) is 0.600. The zero-order chi connectivity index (χ0) is 11.7. The van der Waals surface area contributed by atoms with Crippen molar-refractivity contribution in [3.05, 3.63) is 34.9 Å². The van der Waals surface area contributed by atoms with Gasteiger partial charge in [0.05, 0.1) is 6.61 Å². The van der Waals surface area contributed by atoms with Crippen LogP contribution in [0.3, 0.4) is 0 Å².